The lowest BCUT2D eigenvalue weighted by molar-refractivity contribution is 0.0180. The highest BCUT2D eigenvalue weighted by molar-refractivity contribution is 5.68. The fourth-order valence-corrected chi connectivity index (χ4v) is 3.04. The maximum atomic E-state index is 12.1. The van der Waals surface area contributed by atoms with Gasteiger partial charge in [-0.25, -0.2) is 4.79 Å². The summed E-state index contributed by atoms with van der Waals surface area (Å²) in [6.45, 7) is 9.07. The first kappa shape index (κ1) is 17.5. The van der Waals surface area contributed by atoms with Crippen LogP contribution in [0, 0.1) is 6.92 Å². The Kier molecular flexibility index (Phi) is 4.79. The van der Waals surface area contributed by atoms with Crippen LogP contribution in [0.4, 0.5) is 4.79 Å². The molecule has 25 heavy (non-hydrogen) atoms. The minimum atomic E-state index is -0.458. The lowest BCUT2D eigenvalue weighted by Crippen LogP contribution is -2.42. The number of nitrogens with zero attached hydrogens (tertiary/aromatic N) is 4. The summed E-state index contributed by atoms with van der Waals surface area (Å²) in [5, 5.41) is 9.12. The van der Waals surface area contributed by atoms with Gasteiger partial charge in [-0.15, -0.1) is 0 Å². The fourth-order valence-electron chi connectivity index (χ4n) is 3.04. The van der Waals surface area contributed by atoms with Crippen LogP contribution >= 0.6 is 0 Å². The molecular weight excluding hydrogens is 316 g/mol. The molecule has 0 spiro atoms. The minimum Gasteiger partial charge on any atom is -0.444 e. The van der Waals surface area contributed by atoms with E-state index in [0.29, 0.717) is 13.1 Å². The third-order valence-corrected chi connectivity index (χ3v) is 4.37. The number of ether oxygens (including phenoxy) is 1. The lowest BCUT2D eigenvalue weighted by Gasteiger charge is -2.33. The Bertz CT molecular complexity index is 740. The predicted molar refractivity (Wildman–Crippen MR) is 96.3 cm³/mol. The third-order valence-electron chi connectivity index (χ3n) is 4.37. The summed E-state index contributed by atoms with van der Waals surface area (Å²) in [7, 11) is 0. The van der Waals surface area contributed by atoms with E-state index in [1.54, 1.807) is 9.70 Å². The Hall–Kier alpha value is -2.37. The highest BCUT2D eigenvalue weighted by Crippen LogP contribution is 2.25. The molecule has 1 fully saturated rings. The maximum absolute atomic E-state index is 12.1. The van der Waals surface area contributed by atoms with Gasteiger partial charge in [0.05, 0.1) is 12.2 Å². The molecule has 2 heterocycles. The van der Waals surface area contributed by atoms with Crippen molar-refractivity contribution in [1.82, 2.24) is 19.9 Å². The molecule has 3 rings (SSSR count). The summed E-state index contributed by atoms with van der Waals surface area (Å²) < 4.78 is 5.44. The second kappa shape index (κ2) is 6.86. The van der Waals surface area contributed by atoms with Crippen molar-refractivity contribution in [1.29, 1.82) is 0 Å². The molecule has 0 unspecified atom stereocenters. The normalized spacial score (nSPS) is 16.1. The average molecular weight is 342 g/mol. The van der Waals surface area contributed by atoms with Crippen LogP contribution in [-0.2, 0) is 4.74 Å². The van der Waals surface area contributed by atoms with E-state index in [1.807, 2.05) is 39.1 Å². The van der Waals surface area contributed by atoms with Crippen LogP contribution in [-0.4, -0.2) is 44.7 Å². The Morgan fingerprint density at radius 3 is 2.52 bits per heavy atom. The van der Waals surface area contributed by atoms with Gasteiger partial charge in [-0.2, -0.15) is 15.0 Å². The monoisotopic (exact) mass is 342 g/mol. The SMILES string of the molecule is Cc1ccccc1-c1cnn(C2CCN(C(=O)OC(C)(C)C)CC2)n1. The molecule has 1 aromatic carbocycles. The molecule has 1 aromatic heterocycles. The van der Waals surface area contributed by atoms with E-state index in [0.717, 1.165) is 24.1 Å². The molecule has 2 aromatic rings. The van der Waals surface area contributed by atoms with Crippen LogP contribution in [0.15, 0.2) is 30.5 Å². The van der Waals surface area contributed by atoms with Gasteiger partial charge in [0.15, 0.2) is 0 Å². The Labute approximate surface area is 148 Å². The molecule has 134 valence electrons. The zero-order valence-corrected chi connectivity index (χ0v) is 15.4. The van der Waals surface area contributed by atoms with Crippen molar-refractivity contribution in [3.63, 3.8) is 0 Å². The van der Waals surface area contributed by atoms with Gasteiger partial charge >= 0.3 is 6.09 Å². The first-order valence-corrected chi connectivity index (χ1v) is 8.79. The molecule has 0 radical (unpaired) electrons. The summed E-state index contributed by atoms with van der Waals surface area (Å²) in [6.07, 6.45) is 3.25. The van der Waals surface area contributed by atoms with Crippen molar-refractivity contribution in [3.8, 4) is 11.3 Å². The molecule has 0 saturated carbocycles. The Morgan fingerprint density at radius 2 is 1.88 bits per heavy atom. The van der Waals surface area contributed by atoms with E-state index in [2.05, 4.69) is 29.3 Å². The van der Waals surface area contributed by atoms with Gasteiger partial charge in [-0.05, 0) is 46.1 Å². The van der Waals surface area contributed by atoms with Gasteiger partial charge in [-0.1, -0.05) is 24.3 Å². The van der Waals surface area contributed by atoms with Crippen molar-refractivity contribution in [2.75, 3.05) is 13.1 Å². The molecule has 1 amide bonds. The first-order chi connectivity index (χ1) is 11.8. The number of piperidine rings is 1. The molecule has 0 atom stereocenters. The van der Waals surface area contributed by atoms with Gasteiger partial charge in [0.2, 0.25) is 0 Å². The van der Waals surface area contributed by atoms with Gasteiger partial charge < -0.3 is 9.64 Å². The van der Waals surface area contributed by atoms with Crippen molar-refractivity contribution in [2.24, 2.45) is 0 Å². The number of aromatic nitrogens is 3. The van der Waals surface area contributed by atoms with Crippen LogP contribution < -0.4 is 0 Å². The predicted octanol–water partition coefficient (Wildman–Crippen LogP) is 3.83. The van der Waals surface area contributed by atoms with Crippen LogP contribution in [0.2, 0.25) is 0 Å². The molecular formula is C19H26N4O2. The van der Waals surface area contributed by atoms with E-state index < -0.39 is 5.60 Å². The molecule has 6 nitrogen and oxygen atoms in total. The molecule has 6 heteroatoms. The number of amides is 1. The van der Waals surface area contributed by atoms with Crippen LogP contribution in [0.5, 0.6) is 0 Å². The molecule has 0 N–H and O–H groups in total. The minimum absolute atomic E-state index is 0.219. The van der Waals surface area contributed by atoms with Crippen LogP contribution in [0.1, 0.15) is 45.2 Å². The second-order valence-corrected chi connectivity index (χ2v) is 7.56. The smallest absolute Gasteiger partial charge is 0.410 e. The average Bonchev–Trinajstić information content (AvgIpc) is 3.03. The zero-order valence-electron chi connectivity index (χ0n) is 15.4. The van der Waals surface area contributed by atoms with E-state index in [-0.39, 0.29) is 12.1 Å². The van der Waals surface area contributed by atoms with Gasteiger partial charge in [0.1, 0.15) is 11.3 Å². The number of hydrogen-bond acceptors (Lipinski definition) is 4. The van der Waals surface area contributed by atoms with Gasteiger partial charge in [0.25, 0.3) is 0 Å². The van der Waals surface area contributed by atoms with E-state index in [9.17, 15) is 4.79 Å². The molecule has 1 aliphatic rings. The summed E-state index contributed by atoms with van der Waals surface area (Å²) in [4.78, 5) is 15.7. The topological polar surface area (TPSA) is 60.2 Å². The number of aryl methyl sites for hydroxylation is 1. The number of likely N-dealkylation sites (tertiary alicyclic amines) is 1. The standard InChI is InChI=1S/C19H26N4O2/c1-14-7-5-6-8-16(14)17-13-20-23(21-17)15-9-11-22(12-10-15)18(24)25-19(2,3)4/h5-8,13,15H,9-12H2,1-4H3. The largest absolute Gasteiger partial charge is 0.444 e. The van der Waals surface area contributed by atoms with Crippen molar-refractivity contribution in [3.05, 3.63) is 36.0 Å². The van der Waals surface area contributed by atoms with Crippen LogP contribution in [0.3, 0.4) is 0 Å². The van der Waals surface area contributed by atoms with Crippen molar-refractivity contribution < 1.29 is 9.53 Å². The molecule has 1 aliphatic heterocycles. The third kappa shape index (κ3) is 4.18. The fraction of sp³-hybridized carbons (Fsp3) is 0.526. The summed E-state index contributed by atoms with van der Waals surface area (Å²) in [5.74, 6) is 0. The van der Waals surface area contributed by atoms with E-state index in [1.165, 1.54) is 5.56 Å². The van der Waals surface area contributed by atoms with E-state index in [4.69, 9.17) is 4.74 Å². The zero-order chi connectivity index (χ0) is 18.0. The Morgan fingerprint density at radius 1 is 1.20 bits per heavy atom. The number of carbonyl (C=O) groups excluding carboxylic acids is 1. The summed E-state index contributed by atoms with van der Waals surface area (Å²) in [6, 6.07) is 8.40. The van der Waals surface area contributed by atoms with E-state index >= 15 is 0 Å². The number of hydrogen-bond donors (Lipinski definition) is 0. The number of carbonyl (C=O) groups is 1. The highest BCUT2D eigenvalue weighted by Gasteiger charge is 2.28. The second-order valence-electron chi connectivity index (χ2n) is 7.56. The Balaban J connectivity index is 1.63. The first-order valence-electron chi connectivity index (χ1n) is 8.79. The van der Waals surface area contributed by atoms with Gasteiger partial charge in [0, 0.05) is 18.7 Å². The van der Waals surface area contributed by atoms with Crippen LogP contribution in [0.25, 0.3) is 11.3 Å². The summed E-state index contributed by atoms with van der Waals surface area (Å²) in [5.41, 5.74) is 2.74. The number of benzene rings is 1. The lowest BCUT2D eigenvalue weighted by atomic mass is 10.1. The quantitative estimate of drug-likeness (QED) is 0.832. The molecule has 1 saturated heterocycles. The summed E-state index contributed by atoms with van der Waals surface area (Å²) >= 11 is 0. The van der Waals surface area contributed by atoms with Crippen molar-refractivity contribution >= 4 is 6.09 Å². The molecule has 0 bridgehead atoms. The molecule has 0 aliphatic carbocycles. The maximum Gasteiger partial charge on any atom is 0.410 e. The van der Waals surface area contributed by atoms with Gasteiger partial charge in [-0.3, -0.25) is 0 Å². The number of rotatable bonds is 2. The highest BCUT2D eigenvalue weighted by atomic mass is 16.6. The van der Waals surface area contributed by atoms with Crippen molar-refractivity contribution in [2.45, 2.75) is 52.2 Å².